The van der Waals surface area contributed by atoms with Crippen molar-refractivity contribution in [2.75, 3.05) is 7.11 Å². The van der Waals surface area contributed by atoms with Crippen molar-refractivity contribution in [1.82, 2.24) is 15.1 Å². The Balaban J connectivity index is 2.50. The molecule has 0 aliphatic rings. The Bertz CT molecular complexity index is 433. The van der Waals surface area contributed by atoms with Crippen LogP contribution >= 0.6 is 0 Å². The van der Waals surface area contributed by atoms with Crippen molar-refractivity contribution in [3.05, 3.63) is 11.8 Å². The van der Waals surface area contributed by atoms with E-state index in [1.54, 1.807) is 24.9 Å². The summed E-state index contributed by atoms with van der Waals surface area (Å²) in [6, 6.07) is 1.07. The molecular formula is C11H16N4O2. The van der Waals surface area contributed by atoms with Gasteiger partial charge in [-0.2, -0.15) is 5.10 Å². The Kier molecular flexibility index (Phi) is 4.55. The van der Waals surface area contributed by atoms with Crippen molar-refractivity contribution in [2.45, 2.75) is 19.0 Å². The number of hydrogen-bond donors (Lipinski definition) is 2. The number of rotatable bonds is 5. The Labute approximate surface area is 100 Å². The average molecular weight is 236 g/mol. The second kappa shape index (κ2) is 5.92. The minimum Gasteiger partial charge on any atom is -0.481 e. The predicted molar refractivity (Wildman–Crippen MR) is 63.0 cm³/mol. The summed E-state index contributed by atoms with van der Waals surface area (Å²) < 4.78 is 6.64. The van der Waals surface area contributed by atoms with E-state index in [4.69, 9.17) is 16.9 Å². The van der Waals surface area contributed by atoms with Crippen LogP contribution < -0.4 is 15.8 Å². The highest BCUT2D eigenvalue weighted by Crippen LogP contribution is 2.10. The number of carbonyl (C=O) groups excluding carboxylic acids is 1. The molecule has 1 aromatic rings. The van der Waals surface area contributed by atoms with Crippen molar-refractivity contribution in [3.8, 4) is 18.2 Å². The molecule has 0 aliphatic carbocycles. The number of nitrogens with two attached hydrogens (primary N) is 1. The summed E-state index contributed by atoms with van der Waals surface area (Å²) in [5.74, 6) is 2.69. The zero-order chi connectivity index (χ0) is 12.8. The van der Waals surface area contributed by atoms with Gasteiger partial charge in [0, 0.05) is 19.5 Å². The molecule has 92 valence electrons. The van der Waals surface area contributed by atoms with Gasteiger partial charge in [0.05, 0.1) is 25.4 Å². The molecule has 0 saturated heterocycles. The highest BCUT2D eigenvalue weighted by Gasteiger charge is 2.12. The number of nitrogens with zero attached hydrogens (tertiary/aromatic N) is 2. The van der Waals surface area contributed by atoms with E-state index in [9.17, 15) is 4.79 Å². The summed E-state index contributed by atoms with van der Waals surface area (Å²) in [6.07, 6.45) is 5.29. The Morgan fingerprint density at radius 2 is 2.53 bits per heavy atom. The molecule has 0 radical (unpaired) electrons. The van der Waals surface area contributed by atoms with Gasteiger partial charge in [-0.15, -0.1) is 12.3 Å². The number of hydrogen-bond acceptors (Lipinski definition) is 4. The maximum absolute atomic E-state index is 11.5. The number of terminal acetylenes is 1. The Hall–Kier alpha value is -2.00. The van der Waals surface area contributed by atoms with Gasteiger partial charge in [-0.25, -0.2) is 4.68 Å². The number of methoxy groups -OCH3 is 1. The highest BCUT2D eigenvalue weighted by atomic mass is 16.5. The fraction of sp³-hybridized carbons (Fsp3) is 0.455. The molecule has 0 aromatic carbocycles. The number of ether oxygens (including phenoxy) is 1. The lowest BCUT2D eigenvalue weighted by Gasteiger charge is -2.07. The summed E-state index contributed by atoms with van der Waals surface area (Å²) in [7, 11) is 3.32. The molecule has 0 fully saturated rings. The van der Waals surface area contributed by atoms with Gasteiger partial charge in [-0.1, -0.05) is 0 Å². The van der Waals surface area contributed by atoms with Crippen molar-refractivity contribution in [1.29, 1.82) is 0 Å². The minimum absolute atomic E-state index is 0.220. The molecule has 3 N–H and O–H groups in total. The minimum atomic E-state index is -0.675. The van der Waals surface area contributed by atoms with E-state index in [1.165, 1.54) is 0 Å². The van der Waals surface area contributed by atoms with E-state index in [-0.39, 0.29) is 12.3 Å². The van der Waals surface area contributed by atoms with Crippen LogP contribution in [0.25, 0.3) is 0 Å². The molecule has 1 rings (SSSR count). The van der Waals surface area contributed by atoms with Crippen LogP contribution in [0.2, 0.25) is 0 Å². The van der Waals surface area contributed by atoms with Crippen molar-refractivity contribution < 1.29 is 9.53 Å². The molecule has 0 bridgehead atoms. The molecule has 0 aliphatic heterocycles. The molecule has 6 nitrogen and oxygen atoms in total. The first kappa shape index (κ1) is 13.1. The van der Waals surface area contributed by atoms with Crippen LogP contribution in [0.4, 0.5) is 0 Å². The van der Waals surface area contributed by atoms with Crippen LogP contribution in [0.3, 0.4) is 0 Å². The van der Waals surface area contributed by atoms with E-state index >= 15 is 0 Å². The second-order valence-electron chi connectivity index (χ2n) is 3.53. The molecular weight excluding hydrogens is 220 g/mol. The van der Waals surface area contributed by atoms with E-state index in [0.717, 1.165) is 0 Å². The van der Waals surface area contributed by atoms with Crippen LogP contribution in [0.15, 0.2) is 6.07 Å². The first-order chi connectivity index (χ1) is 8.08. The van der Waals surface area contributed by atoms with Gasteiger partial charge >= 0.3 is 0 Å². The molecule has 1 heterocycles. The third-order valence-corrected chi connectivity index (χ3v) is 2.21. The topological polar surface area (TPSA) is 82.2 Å². The number of aromatic nitrogens is 2. The summed E-state index contributed by atoms with van der Waals surface area (Å²) in [5, 5.41) is 6.81. The van der Waals surface area contributed by atoms with Crippen molar-refractivity contribution in [2.24, 2.45) is 12.8 Å². The van der Waals surface area contributed by atoms with Gasteiger partial charge in [-0.05, 0) is 0 Å². The van der Waals surface area contributed by atoms with Gasteiger partial charge in [0.25, 0.3) is 0 Å². The third-order valence-electron chi connectivity index (χ3n) is 2.21. The molecule has 0 spiro atoms. The lowest BCUT2D eigenvalue weighted by molar-refractivity contribution is -0.122. The SMILES string of the molecule is C#CCC(N)C(=O)NCc1cc(OC)n(C)n1. The molecule has 1 unspecified atom stereocenters. The summed E-state index contributed by atoms with van der Waals surface area (Å²) in [6.45, 7) is 0.300. The van der Waals surface area contributed by atoms with E-state index < -0.39 is 6.04 Å². The normalized spacial score (nSPS) is 11.6. The monoisotopic (exact) mass is 236 g/mol. The third kappa shape index (κ3) is 3.50. The van der Waals surface area contributed by atoms with Crippen LogP contribution in [-0.2, 0) is 18.4 Å². The van der Waals surface area contributed by atoms with Crippen molar-refractivity contribution in [3.63, 3.8) is 0 Å². The number of carbonyl (C=O) groups is 1. The van der Waals surface area contributed by atoms with Gasteiger partial charge in [0.1, 0.15) is 0 Å². The zero-order valence-electron chi connectivity index (χ0n) is 9.93. The Morgan fingerprint density at radius 1 is 1.82 bits per heavy atom. The summed E-state index contributed by atoms with van der Waals surface area (Å²) in [4.78, 5) is 11.5. The molecule has 1 amide bonds. The van der Waals surface area contributed by atoms with Crippen molar-refractivity contribution >= 4 is 5.91 Å². The number of aryl methyl sites for hydroxylation is 1. The van der Waals surface area contributed by atoms with Crippen LogP contribution in [-0.4, -0.2) is 28.8 Å². The van der Waals surface area contributed by atoms with E-state index in [2.05, 4.69) is 16.3 Å². The summed E-state index contributed by atoms with van der Waals surface area (Å²) in [5.41, 5.74) is 6.25. The lowest BCUT2D eigenvalue weighted by Crippen LogP contribution is -2.39. The van der Waals surface area contributed by atoms with Gasteiger partial charge in [0.15, 0.2) is 0 Å². The number of amides is 1. The quantitative estimate of drug-likeness (QED) is 0.668. The molecule has 17 heavy (non-hydrogen) atoms. The Morgan fingerprint density at radius 3 is 3.06 bits per heavy atom. The zero-order valence-corrected chi connectivity index (χ0v) is 9.93. The molecule has 0 saturated carbocycles. The highest BCUT2D eigenvalue weighted by molar-refractivity contribution is 5.81. The van der Waals surface area contributed by atoms with E-state index in [1.807, 2.05) is 0 Å². The van der Waals surface area contributed by atoms with Gasteiger partial charge in [0.2, 0.25) is 11.8 Å². The van der Waals surface area contributed by atoms with Crippen LogP contribution in [0.1, 0.15) is 12.1 Å². The molecule has 1 aromatic heterocycles. The maximum atomic E-state index is 11.5. The second-order valence-corrected chi connectivity index (χ2v) is 3.53. The summed E-state index contributed by atoms with van der Waals surface area (Å²) >= 11 is 0. The predicted octanol–water partition coefficient (Wildman–Crippen LogP) is -0.605. The standard InChI is InChI=1S/C11H16N4O2/c1-4-5-9(12)11(16)13-7-8-6-10(17-3)15(2)14-8/h1,6,9H,5,7,12H2,2-3H3,(H,13,16). The largest absolute Gasteiger partial charge is 0.481 e. The maximum Gasteiger partial charge on any atom is 0.238 e. The number of nitrogens with one attached hydrogen (secondary N) is 1. The smallest absolute Gasteiger partial charge is 0.238 e. The van der Waals surface area contributed by atoms with Gasteiger partial charge in [-0.3, -0.25) is 4.79 Å². The molecule has 1 atom stereocenters. The first-order valence-corrected chi connectivity index (χ1v) is 5.12. The first-order valence-electron chi connectivity index (χ1n) is 5.12. The van der Waals surface area contributed by atoms with Crippen LogP contribution in [0, 0.1) is 12.3 Å². The lowest BCUT2D eigenvalue weighted by atomic mass is 10.2. The average Bonchev–Trinajstić information content (AvgIpc) is 2.67. The molecule has 6 heteroatoms. The van der Waals surface area contributed by atoms with Crippen LogP contribution in [0.5, 0.6) is 5.88 Å². The fourth-order valence-corrected chi connectivity index (χ4v) is 1.31. The van der Waals surface area contributed by atoms with Gasteiger partial charge < -0.3 is 15.8 Å². The van der Waals surface area contributed by atoms with E-state index in [0.29, 0.717) is 18.1 Å². The fourth-order valence-electron chi connectivity index (χ4n) is 1.31.